The highest BCUT2D eigenvalue weighted by molar-refractivity contribution is 7.80. The second-order valence-electron chi connectivity index (χ2n) is 5.88. The van der Waals surface area contributed by atoms with Crippen molar-refractivity contribution < 1.29 is 23.8 Å². The summed E-state index contributed by atoms with van der Waals surface area (Å²) in [6.07, 6.45) is 1.40. The maximum Gasteiger partial charge on any atom is 0.270 e. The number of hydrogen-bond acceptors (Lipinski definition) is 6. The molecule has 0 aromatic heterocycles. The Labute approximate surface area is 177 Å². The number of amides is 2. The average molecular weight is 433 g/mol. The van der Waals surface area contributed by atoms with Gasteiger partial charge in [0, 0.05) is 17.2 Å². The molecular formula is C20H17ClN2O5S. The van der Waals surface area contributed by atoms with Gasteiger partial charge in [0.1, 0.15) is 22.8 Å². The highest BCUT2D eigenvalue weighted by Gasteiger charge is 2.35. The molecule has 0 saturated carbocycles. The lowest BCUT2D eigenvalue weighted by Crippen LogP contribution is -2.54. The third-order valence-electron chi connectivity index (χ3n) is 4.23. The van der Waals surface area contributed by atoms with Crippen LogP contribution in [0, 0.1) is 0 Å². The molecular weight excluding hydrogens is 416 g/mol. The molecule has 29 heavy (non-hydrogen) atoms. The van der Waals surface area contributed by atoms with E-state index in [1.54, 1.807) is 36.4 Å². The molecule has 1 aliphatic heterocycles. The number of hydrogen-bond donors (Lipinski definition) is 1. The largest absolute Gasteiger partial charge is 0.496 e. The number of methoxy groups -OCH3 is 3. The van der Waals surface area contributed by atoms with E-state index in [0.29, 0.717) is 33.5 Å². The van der Waals surface area contributed by atoms with Crippen molar-refractivity contribution in [3.05, 3.63) is 52.6 Å². The van der Waals surface area contributed by atoms with Crippen molar-refractivity contribution in [3.63, 3.8) is 0 Å². The molecule has 2 aromatic rings. The second-order valence-corrected chi connectivity index (χ2v) is 6.70. The van der Waals surface area contributed by atoms with Crippen molar-refractivity contribution in [1.29, 1.82) is 0 Å². The van der Waals surface area contributed by atoms with Gasteiger partial charge in [-0.25, -0.2) is 0 Å². The van der Waals surface area contributed by atoms with Crippen LogP contribution in [-0.4, -0.2) is 38.3 Å². The molecule has 1 aliphatic rings. The van der Waals surface area contributed by atoms with E-state index in [1.165, 1.54) is 32.3 Å². The van der Waals surface area contributed by atoms with Gasteiger partial charge >= 0.3 is 0 Å². The number of nitrogens with zero attached hydrogens (tertiary/aromatic N) is 1. The molecule has 9 heteroatoms. The minimum Gasteiger partial charge on any atom is -0.496 e. The molecule has 1 heterocycles. The Bertz CT molecular complexity index is 995. The van der Waals surface area contributed by atoms with Gasteiger partial charge < -0.3 is 14.2 Å². The van der Waals surface area contributed by atoms with Crippen LogP contribution >= 0.6 is 23.8 Å². The number of benzene rings is 2. The Hall–Kier alpha value is -3.10. The summed E-state index contributed by atoms with van der Waals surface area (Å²) in [7, 11) is 4.44. The van der Waals surface area contributed by atoms with Gasteiger partial charge in [0.2, 0.25) is 0 Å². The second kappa shape index (κ2) is 8.50. The number of carbonyl (C=O) groups excluding carboxylic acids is 2. The van der Waals surface area contributed by atoms with Gasteiger partial charge in [-0.1, -0.05) is 11.6 Å². The van der Waals surface area contributed by atoms with Gasteiger partial charge in [-0.05, 0) is 42.6 Å². The maximum absolute atomic E-state index is 13.1. The number of rotatable bonds is 5. The fraction of sp³-hybridized carbons (Fsp3) is 0.150. The third-order valence-corrected chi connectivity index (χ3v) is 4.76. The summed E-state index contributed by atoms with van der Waals surface area (Å²) in [5, 5.41) is 3.02. The highest BCUT2D eigenvalue weighted by atomic mass is 35.5. The van der Waals surface area contributed by atoms with E-state index >= 15 is 0 Å². The number of halogens is 1. The summed E-state index contributed by atoms with van der Waals surface area (Å²) in [6, 6.07) is 9.78. The van der Waals surface area contributed by atoms with Crippen LogP contribution in [0.1, 0.15) is 5.56 Å². The molecule has 0 unspecified atom stereocenters. The first kappa shape index (κ1) is 20.6. The van der Waals surface area contributed by atoms with Crippen molar-refractivity contribution in [2.75, 3.05) is 26.2 Å². The minimum atomic E-state index is -0.620. The molecule has 0 aliphatic carbocycles. The summed E-state index contributed by atoms with van der Waals surface area (Å²) in [5.74, 6) is 0.0522. The van der Waals surface area contributed by atoms with E-state index < -0.39 is 11.8 Å². The molecule has 1 saturated heterocycles. The molecule has 0 bridgehead atoms. The summed E-state index contributed by atoms with van der Waals surface area (Å²) in [4.78, 5) is 26.9. The fourth-order valence-corrected chi connectivity index (χ4v) is 3.21. The normalized spacial score (nSPS) is 15.4. The average Bonchev–Trinajstić information content (AvgIpc) is 2.71. The SMILES string of the molecule is COc1cc(OC)c(C=C2C(=O)NC(=S)N(c3ccc(Cl)cc3)C2=O)c(OC)c1. The zero-order valence-corrected chi connectivity index (χ0v) is 17.4. The van der Waals surface area contributed by atoms with Crippen LogP contribution in [0.3, 0.4) is 0 Å². The van der Waals surface area contributed by atoms with E-state index in [0.717, 1.165) is 0 Å². The molecule has 150 valence electrons. The van der Waals surface area contributed by atoms with Crippen LogP contribution in [0.25, 0.3) is 6.08 Å². The lowest BCUT2D eigenvalue weighted by Gasteiger charge is -2.29. The fourth-order valence-electron chi connectivity index (χ4n) is 2.80. The molecule has 0 radical (unpaired) electrons. The predicted octanol–water partition coefficient (Wildman–Crippen LogP) is 3.20. The van der Waals surface area contributed by atoms with Crippen LogP contribution in [0.5, 0.6) is 17.2 Å². The van der Waals surface area contributed by atoms with E-state index in [-0.39, 0.29) is 10.7 Å². The summed E-state index contributed by atoms with van der Waals surface area (Å²) < 4.78 is 16.0. The smallest absolute Gasteiger partial charge is 0.270 e. The van der Waals surface area contributed by atoms with Gasteiger partial charge in [0.05, 0.1) is 32.6 Å². The Balaban J connectivity index is 2.11. The van der Waals surface area contributed by atoms with Crippen molar-refractivity contribution >= 4 is 52.5 Å². The van der Waals surface area contributed by atoms with E-state index in [2.05, 4.69) is 5.32 Å². The number of ether oxygens (including phenoxy) is 3. The number of thiocarbonyl (C=S) groups is 1. The lowest BCUT2D eigenvalue weighted by molar-refractivity contribution is -0.122. The van der Waals surface area contributed by atoms with Gasteiger partial charge in [0.15, 0.2) is 5.11 Å². The van der Waals surface area contributed by atoms with Gasteiger partial charge in [-0.2, -0.15) is 0 Å². The molecule has 0 spiro atoms. The van der Waals surface area contributed by atoms with Crippen molar-refractivity contribution in [1.82, 2.24) is 5.32 Å². The standard InChI is InChI=1S/C20H17ClN2O5S/c1-26-13-8-16(27-2)14(17(9-13)28-3)10-15-18(24)22-20(29)23(19(15)25)12-6-4-11(21)5-7-12/h4-10H,1-3H3,(H,22,24,29). The summed E-state index contributed by atoms with van der Waals surface area (Å²) >= 11 is 11.1. The van der Waals surface area contributed by atoms with Gasteiger partial charge in [0.25, 0.3) is 11.8 Å². The number of nitrogens with one attached hydrogen (secondary N) is 1. The monoisotopic (exact) mass is 432 g/mol. The molecule has 2 amide bonds. The molecule has 7 nitrogen and oxygen atoms in total. The molecule has 1 fully saturated rings. The number of anilines is 1. The van der Waals surface area contributed by atoms with Crippen molar-refractivity contribution in [2.45, 2.75) is 0 Å². The highest BCUT2D eigenvalue weighted by Crippen LogP contribution is 2.36. The van der Waals surface area contributed by atoms with Crippen LogP contribution in [-0.2, 0) is 9.59 Å². The Morgan fingerprint density at radius 3 is 2.10 bits per heavy atom. The first-order chi connectivity index (χ1) is 13.9. The van der Waals surface area contributed by atoms with Crippen LogP contribution in [0.4, 0.5) is 5.69 Å². The maximum atomic E-state index is 13.1. The zero-order chi connectivity index (χ0) is 21.1. The molecule has 2 aromatic carbocycles. The third kappa shape index (κ3) is 4.03. The topological polar surface area (TPSA) is 77.1 Å². The Kier molecular flexibility index (Phi) is 6.05. The Morgan fingerprint density at radius 1 is 1.00 bits per heavy atom. The number of carbonyl (C=O) groups is 2. The lowest BCUT2D eigenvalue weighted by atomic mass is 10.0. The van der Waals surface area contributed by atoms with Gasteiger partial charge in [-0.15, -0.1) is 0 Å². The van der Waals surface area contributed by atoms with Crippen LogP contribution in [0.15, 0.2) is 42.0 Å². The summed E-state index contributed by atoms with van der Waals surface area (Å²) in [5.41, 5.74) is 0.762. The first-order valence-corrected chi connectivity index (χ1v) is 9.15. The summed E-state index contributed by atoms with van der Waals surface area (Å²) in [6.45, 7) is 0. The molecule has 1 N–H and O–H groups in total. The first-order valence-electron chi connectivity index (χ1n) is 8.36. The molecule has 3 rings (SSSR count). The van der Waals surface area contributed by atoms with E-state index in [1.807, 2.05) is 0 Å². The van der Waals surface area contributed by atoms with Crippen LogP contribution < -0.4 is 24.4 Å². The Morgan fingerprint density at radius 2 is 1.59 bits per heavy atom. The van der Waals surface area contributed by atoms with Gasteiger partial charge in [-0.3, -0.25) is 19.8 Å². The van der Waals surface area contributed by atoms with E-state index in [9.17, 15) is 9.59 Å². The van der Waals surface area contributed by atoms with Crippen molar-refractivity contribution in [3.8, 4) is 17.2 Å². The zero-order valence-electron chi connectivity index (χ0n) is 15.8. The van der Waals surface area contributed by atoms with E-state index in [4.69, 9.17) is 38.0 Å². The minimum absolute atomic E-state index is 0.0202. The van der Waals surface area contributed by atoms with Crippen LogP contribution in [0.2, 0.25) is 5.02 Å². The quantitative estimate of drug-likeness (QED) is 0.444. The predicted molar refractivity (Wildman–Crippen MR) is 114 cm³/mol. The molecule has 0 atom stereocenters. The van der Waals surface area contributed by atoms with Crippen molar-refractivity contribution in [2.24, 2.45) is 0 Å².